The Morgan fingerprint density at radius 2 is 2.25 bits per heavy atom. The van der Waals surface area contributed by atoms with Gasteiger partial charge in [0.2, 0.25) is 0 Å². The van der Waals surface area contributed by atoms with Gasteiger partial charge in [0, 0.05) is 11.0 Å². The van der Waals surface area contributed by atoms with Crippen molar-refractivity contribution >= 4 is 15.9 Å². The van der Waals surface area contributed by atoms with Gasteiger partial charge in [-0.3, -0.25) is 0 Å². The minimum absolute atomic E-state index is 0.0372. The maximum Gasteiger partial charge on any atom is 0.137 e. The van der Waals surface area contributed by atoms with E-state index in [-0.39, 0.29) is 6.54 Å². The zero-order valence-corrected chi connectivity index (χ0v) is 8.44. The van der Waals surface area contributed by atoms with E-state index in [1.807, 2.05) is 13.0 Å². The SMILES string of the molecule is Cc1ccc(C(F)CN)cc1Br. The molecular weight excluding hydrogens is 221 g/mol. The zero-order chi connectivity index (χ0) is 9.14. The van der Waals surface area contributed by atoms with Crippen LogP contribution in [0.1, 0.15) is 17.3 Å². The van der Waals surface area contributed by atoms with Crippen LogP contribution in [0.3, 0.4) is 0 Å². The predicted octanol–water partition coefficient (Wildman–Crippen LogP) is 2.73. The Bertz CT molecular complexity index is 275. The van der Waals surface area contributed by atoms with E-state index in [0.29, 0.717) is 5.56 Å². The lowest BCUT2D eigenvalue weighted by atomic mass is 10.1. The summed E-state index contributed by atoms with van der Waals surface area (Å²) in [6.07, 6.45) is -1.05. The molecule has 66 valence electrons. The second kappa shape index (κ2) is 4.01. The van der Waals surface area contributed by atoms with Gasteiger partial charge in [0.25, 0.3) is 0 Å². The van der Waals surface area contributed by atoms with Crippen molar-refractivity contribution in [1.29, 1.82) is 0 Å². The molecule has 1 nitrogen and oxygen atoms in total. The molecule has 1 atom stereocenters. The highest BCUT2D eigenvalue weighted by atomic mass is 79.9. The zero-order valence-electron chi connectivity index (χ0n) is 6.85. The number of aryl methyl sites for hydroxylation is 1. The topological polar surface area (TPSA) is 26.0 Å². The summed E-state index contributed by atoms with van der Waals surface area (Å²) >= 11 is 3.34. The molecule has 1 aromatic rings. The third kappa shape index (κ3) is 2.05. The van der Waals surface area contributed by atoms with Crippen LogP contribution in [0, 0.1) is 6.92 Å². The van der Waals surface area contributed by atoms with E-state index < -0.39 is 6.17 Å². The average molecular weight is 232 g/mol. The summed E-state index contributed by atoms with van der Waals surface area (Å²) < 4.78 is 14.0. The molecule has 12 heavy (non-hydrogen) atoms. The molecule has 3 heteroatoms. The molecule has 0 amide bonds. The quantitative estimate of drug-likeness (QED) is 0.833. The lowest BCUT2D eigenvalue weighted by Gasteiger charge is -2.06. The van der Waals surface area contributed by atoms with Crippen LogP contribution in [0.4, 0.5) is 4.39 Å². The van der Waals surface area contributed by atoms with Gasteiger partial charge >= 0.3 is 0 Å². The van der Waals surface area contributed by atoms with Crippen molar-refractivity contribution in [2.24, 2.45) is 5.73 Å². The van der Waals surface area contributed by atoms with E-state index in [0.717, 1.165) is 10.0 Å². The molecule has 2 N–H and O–H groups in total. The molecule has 0 aliphatic carbocycles. The molecule has 0 saturated heterocycles. The molecule has 0 heterocycles. The number of rotatable bonds is 2. The Labute approximate surface area is 79.9 Å². The number of halogens is 2. The minimum atomic E-state index is -1.05. The fourth-order valence-corrected chi connectivity index (χ4v) is 1.34. The highest BCUT2D eigenvalue weighted by molar-refractivity contribution is 9.10. The van der Waals surface area contributed by atoms with Gasteiger partial charge in [-0.25, -0.2) is 4.39 Å². The van der Waals surface area contributed by atoms with Crippen molar-refractivity contribution in [2.75, 3.05) is 6.54 Å². The first-order valence-corrected chi connectivity index (χ1v) is 4.54. The lowest BCUT2D eigenvalue weighted by molar-refractivity contribution is 0.353. The van der Waals surface area contributed by atoms with Gasteiger partial charge in [-0.05, 0) is 24.1 Å². The molecule has 1 aromatic carbocycles. The molecule has 0 spiro atoms. The van der Waals surface area contributed by atoms with Gasteiger partial charge in [0.1, 0.15) is 6.17 Å². The van der Waals surface area contributed by atoms with Crippen LogP contribution < -0.4 is 5.73 Å². The van der Waals surface area contributed by atoms with E-state index in [1.165, 1.54) is 0 Å². The fraction of sp³-hybridized carbons (Fsp3) is 0.333. The van der Waals surface area contributed by atoms with Crippen LogP contribution in [0.5, 0.6) is 0 Å². The van der Waals surface area contributed by atoms with Crippen LogP contribution >= 0.6 is 15.9 Å². The first kappa shape index (κ1) is 9.68. The van der Waals surface area contributed by atoms with E-state index in [4.69, 9.17) is 5.73 Å². The third-order valence-electron chi connectivity index (χ3n) is 1.76. The summed E-state index contributed by atoms with van der Waals surface area (Å²) in [4.78, 5) is 0. The summed E-state index contributed by atoms with van der Waals surface area (Å²) in [6, 6.07) is 5.41. The van der Waals surface area contributed by atoms with Crippen molar-refractivity contribution < 1.29 is 4.39 Å². The van der Waals surface area contributed by atoms with Crippen molar-refractivity contribution in [3.8, 4) is 0 Å². The third-order valence-corrected chi connectivity index (χ3v) is 2.62. The Morgan fingerprint density at radius 1 is 1.58 bits per heavy atom. The van der Waals surface area contributed by atoms with E-state index >= 15 is 0 Å². The van der Waals surface area contributed by atoms with Gasteiger partial charge in [-0.2, -0.15) is 0 Å². The molecular formula is C9H11BrFN. The monoisotopic (exact) mass is 231 g/mol. The van der Waals surface area contributed by atoms with Crippen molar-refractivity contribution in [3.05, 3.63) is 33.8 Å². The summed E-state index contributed by atoms with van der Waals surface area (Å²) in [5.74, 6) is 0. The summed E-state index contributed by atoms with van der Waals surface area (Å²) in [5.41, 5.74) is 6.94. The van der Waals surface area contributed by atoms with Crippen LogP contribution in [-0.4, -0.2) is 6.54 Å². The van der Waals surface area contributed by atoms with Gasteiger partial charge < -0.3 is 5.73 Å². The second-order valence-electron chi connectivity index (χ2n) is 2.71. The number of hydrogen-bond donors (Lipinski definition) is 1. The van der Waals surface area contributed by atoms with Crippen LogP contribution in [0.2, 0.25) is 0 Å². The van der Waals surface area contributed by atoms with Crippen LogP contribution in [-0.2, 0) is 0 Å². The molecule has 0 aliphatic heterocycles. The van der Waals surface area contributed by atoms with Gasteiger partial charge in [0.15, 0.2) is 0 Å². The summed E-state index contributed by atoms with van der Waals surface area (Å²) in [6.45, 7) is 2.00. The maximum atomic E-state index is 13.0. The lowest BCUT2D eigenvalue weighted by Crippen LogP contribution is -2.07. The number of nitrogens with two attached hydrogens (primary N) is 1. The normalized spacial score (nSPS) is 13.0. The standard InChI is InChI=1S/C9H11BrFN/c1-6-2-3-7(4-8(6)10)9(11)5-12/h2-4,9H,5,12H2,1H3. The van der Waals surface area contributed by atoms with Gasteiger partial charge in [-0.15, -0.1) is 0 Å². The average Bonchev–Trinajstić information content (AvgIpc) is 2.08. The number of benzene rings is 1. The van der Waals surface area contributed by atoms with E-state index in [9.17, 15) is 4.39 Å². The summed E-state index contributed by atoms with van der Waals surface area (Å²) in [5, 5.41) is 0. The van der Waals surface area contributed by atoms with Gasteiger partial charge in [-0.1, -0.05) is 28.1 Å². The molecule has 0 fully saturated rings. The van der Waals surface area contributed by atoms with E-state index in [2.05, 4.69) is 15.9 Å². The first-order chi connectivity index (χ1) is 5.65. The highest BCUT2D eigenvalue weighted by Crippen LogP contribution is 2.23. The molecule has 0 aromatic heterocycles. The molecule has 0 aliphatic rings. The Balaban J connectivity index is 2.96. The fourth-order valence-electron chi connectivity index (χ4n) is 0.940. The first-order valence-electron chi connectivity index (χ1n) is 3.75. The Hall–Kier alpha value is -0.410. The van der Waals surface area contributed by atoms with Gasteiger partial charge in [0.05, 0.1) is 0 Å². The van der Waals surface area contributed by atoms with Crippen LogP contribution in [0.15, 0.2) is 22.7 Å². The van der Waals surface area contributed by atoms with Crippen molar-refractivity contribution in [3.63, 3.8) is 0 Å². The molecule has 1 unspecified atom stereocenters. The van der Waals surface area contributed by atoms with Crippen molar-refractivity contribution in [1.82, 2.24) is 0 Å². The molecule has 1 rings (SSSR count). The van der Waals surface area contributed by atoms with Crippen LogP contribution in [0.25, 0.3) is 0 Å². The van der Waals surface area contributed by atoms with E-state index in [1.54, 1.807) is 12.1 Å². The largest absolute Gasteiger partial charge is 0.327 e. The summed E-state index contributed by atoms with van der Waals surface area (Å²) in [7, 11) is 0. The number of alkyl halides is 1. The molecule has 0 bridgehead atoms. The highest BCUT2D eigenvalue weighted by Gasteiger charge is 2.07. The minimum Gasteiger partial charge on any atom is -0.327 e. The van der Waals surface area contributed by atoms with Crippen molar-refractivity contribution in [2.45, 2.75) is 13.1 Å². The maximum absolute atomic E-state index is 13.0. The molecule has 0 radical (unpaired) electrons. The second-order valence-corrected chi connectivity index (χ2v) is 3.57. The Kier molecular flexibility index (Phi) is 3.23. The molecule has 0 saturated carbocycles. The Morgan fingerprint density at radius 3 is 2.75 bits per heavy atom. The predicted molar refractivity (Wildman–Crippen MR) is 51.8 cm³/mol. The number of hydrogen-bond acceptors (Lipinski definition) is 1. The smallest absolute Gasteiger partial charge is 0.137 e.